The Balaban J connectivity index is 0.00000218. The van der Waals surface area contributed by atoms with Gasteiger partial charge in [-0.15, -0.1) is 0 Å². The van der Waals surface area contributed by atoms with Gasteiger partial charge < -0.3 is 24.6 Å². The molecule has 3 radical (unpaired) electrons. The maximum atomic E-state index is 15.3. The van der Waals surface area contributed by atoms with Crippen LogP contribution in [-0.2, 0) is 0 Å². The van der Waals surface area contributed by atoms with Crippen LogP contribution in [0.1, 0.15) is 42.1 Å². The Bertz CT molecular complexity index is 1050. The third kappa shape index (κ3) is 3.16. The zero-order valence-corrected chi connectivity index (χ0v) is 16.9. The van der Waals surface area contributed by atoms with E-state index in [4.69, 9.17) is 4.74 Å². The number of hydrogen-bond acceptors (Lipinski definition) is 5. The average Bonchev–Trinajstić information content (AvgIpc) is 3.45. The van der Waals surface area contributed by atoms with Crippen molar-refractivity contribution >= 4 is 31.0 Å². The predicted octanol–water partition coefficient (Wildman–Crippen LogP) is 1.99. The number of nitrogens with one attached hydrogen (secondary N) is 1. The molecule has 2 aliphatic heterocycles. The first-order valence-electron chi connectivity index (χ1n) is 10.2. The van der Waals surface area contributed by atoms with Gasteiger partial charge >= 0.3 is 5.97 Å². The number of rotatable bonds is 4. The number of nitrogens with zero attached hydrogens (tertiary/aromatic N) is 2. The van der Waals surface area contributed by atoms with Gasteiger partial charge in [-0.25, -0.2) is 9.18 Å². The van der Waals surface area contributed by atoms with Gasteiger partial charge in [0.05, 0.1) is 18.0 Å². The van der Waals surface area contributed by atoms with Crippen molar-refractivity contribution in [3.05, 3.63) is 33.9 Å². The lowest BCUT2D eigenvalue weighted by Crippen LogP contribution is -2.40. The van der Waals surface area contributed by atoms with Crippen LogP contribution in [0.5, 0.6) is 5.75 Å². The van der Waals surface area contributed by atoms with Gasteiger partial charge in [0.15, 0.2) is 11.6 Å². The number of halogens is 1. The first-order chi connectivity index (χ1) is 14.0. The van der Waals surface area contributed by atoms with Crippen LogP contribution in [-0.4, -0.2) is 56.8 Å². The van der Waals surface area contributed by atoms with Crippen molar-refractivity contribution in [1.29, 1.82) is 0 Å². The summed E-state index contributed by atoms with van der Waals surface area (Å²) in [5.74, 6) is -1.07. The lowest BCUT2D eigenvalue weighted by molar-refractivity contribution is 0.0695. The van der Waals surface area contributed by atoms with Crippen molar-refractivity contribution in [1.82, 2.24) is 9.88 Å². The van der Waals surface area contributed by atoms with E-state index >= 15 is 4.39 Å². The molecular weight excluding hydrogens is 388 g/mol. The molecule has 5 rings (SSSR count). The summed E-state index contributed by atoms with van der Waals surface area (Å²) in [6.07, 6.45) is 5.40. The number of methoxy groups -OCH3 is 1. The highest BCUT2D eigenvalue weighted by Gasteiger charge is 2.38. The Kier molecular flexibility index (Phi) is 5.26. The third-order valence-corrected chi connectivity index (χ3v) is 6.49. The summed E-state index contributed by atoms with van der Waals surface area (Å²) in [7, 11) is 1.48. The van der Waals surface area contributed by atoms with Gasteiger partial charge in [0, 0.05) is 39.8 Å². The van der Waals surface area contributed by atoms with Crippen molar-refractivity contribution < 1.29 is 19.0 Å². The minimum atomic E-state index is -1.30. The Hall–Kier alpha value is -2.55. The Morgan fingerprint density at radius 1 is 1.30 bits per heavy atom. The molecule has 3 fully saturated rings. The molecule has 3 aliphatic rings. The highest BCUT2D eigenvalue weighted by molar-refractivity contribution is 5.97. The lowest BCUT2D eigenvalue weighted by atomic mass is 9.94. The summed E-state index contributed by atoms with van der Waals surface area (Å²) < 4.78 is 22.8. The van der Waals surface area contributed by atoms with E-state index in [2.05, 4.69) is 5.32 Å². The van der Waals surface area contributed by atoms with Gasteiger partial charge in [-0.1, -0.05) is 0 Å². The van der Waals surface area contributed by atoms with E-state index in [9.17, 15) is 14.7 Å². The van der Waals surface area contributed by atoms with Crippen molar-refractivity contribution in [2.75, 3.05) is 31.6 Å². The van der Waals surface area contributed by atoms with Gasteiger partial charge in [0.1, 0.15) is 11.3 Å². The second kappa shape index (κ2) is 7.61. The Morgan fingerprint density at radius 2 is 2.07 bits per heavy atom. The number of fused-ring (bicyclic) bond motifs is 2. The van der Waals surface area contributed by atoms with E-state index in [-0.39, 0.29) is 25.4 Å². The molecule has 0 spiro atoms. The normalized spacial score (nSPS) is 23.2. The highest BCUT2D eigenvalue weighted by atomic mass is 19.1. The molecule has 0 amide bonds. The number of benzene rings is 1. The molecule has 7 nitrogen and oxygen atoms in total. The van der Waals surface area contributed by atoms with Crippen molar-refractivity contribution in [2.24, 2.45) is 5.92 Å². The summed E-state index contributed by atoms with van der Waals surface area (Å²) in [5, 5.41) is 13.0. The summed E-state index contributed by atoms with van der Waals surface area (Å²) in [5.41, 5.74) is -0.155. The molecule has 2 N–H and O–H groups in total. The molecule has 1 saturated carbocycles. The number of ether oxygens (including phenoxy) is 1. The van der Waals surface area contributed by atoms with Crippen LogP contribution in [0.15, 0.2) is 17.1 Å². The first-order valence-corrected chi connectivity index (χ1v) is 10.2. The lowest BCUT2D eigenvalue weighted by Gasteiger charge is -2.25. The van der Waals surface area contributed by atoms with Crippen LogP contribution < -0.4 is 20.4 Å². The molecule has 1 aromatic carbocycles. The van der Waals surface area contributed by atoms with Gasteiger partial charge in [0.2, 0.25) is 5.43 Å². The van der Waals surface area contributed by atoms with E-state index in [0.29, 0.717) is 35.5 Å². The minimum absolute atomic E-state index is 0. The SMILES string of the molecule is COc1c(N2C[C@@H]3CCCN[C@@H]3C2)c(F)cc2c(=O)c(C(=O)O)cn(C3CC3)c12.[B]. The largest absolute Gasteiger partial charge is 0.492 e. The van der Waals surface area contributed by atoms with E-state index in [1.165, 1.54) is 19.4 Å². The van der Waals surface area contributed by atoms with Gasteiger partial charge in [-0.05, 0) is 44.2 Å². The highest BCUT2D eigenvalue weighted by Crippen LogP contribution is 2.45. The molecule has 1 aromatic heterocycles. The number of pyridine rings is 1. The molecule has 0 unspecified atom stereocenters. The van der Waals surface area contributed by atoms with E-state index in [1.54, 1.807) is 4.57 Å². The molecule has 3 heterocycles. The number of piperidine rings is 1. The van der Waals surface area contributed by atoms with Crippen molar-refractivity contribution in [3.8, 4) is 5.75 Å². The fourth-order valence-electron chi connectivity index (χ4n) is 4.95. The number of anilines is 1. The smallest absolute Gasteiger partial charge is 0.341 e. The number of carboxylic acid groups (broad SMARTS) is 1. The van der Waals surface area contributed by atoms with E-state index < -0.39 is 17.2 Å². The second-order valence-electron chi connectivity index (χ2n) is 8.32. The molecule has 2 aromatic rings. The number of aromatic carboxylic acids is 1. The van der Waals surface area contributed by atoms with E-state index in [0.717, 1.165) is 38.8 Å². The first kappa shape index (κ1) is 20.7. The van der Waals surface area contributed by atoms with Crippen LogP contribution in [0.25, 0.3) is 10.9 Å². The van der Waals surface area contributed by atoms with Gasteiger partial charge in [0.25, 0.3) is 0 Å². The van der Waals surface area contributed by atoms with Gasteiger partial charge in [-0.2, -0.15) is 0 Å². The Labute approximate surface area is 175 Å². The minimum Gasteiger partial charge on any atom is -0.492 e. The molecular formula is C21H24BFN3O4. The zero-order chi connectivity index (χ0) is 20.3. The number of aromatic nitrogens is 1. The van der Waals surface area contributed by atoms with Crippen molar-refractivity contribution in [2.45, 2.75) is 37.8 Å². The number of carboxylic acids is 1. The van der Waals surface area contributed by atoms with Crippen LogP contribution in [0, 0.1) is 11.7 Å². The fraction of sp³-hybridized carbons (Fsp3) is 0.524. The quantitative estimate of drug-likeness (QED) is 0.748. The summed E-state index contributed by atoms with van der Waals surface area (Å²) >= 11 is 0. The monoisotopic (exact) mass is 412 g/mol. The maximum Gasteiger partial charge on any atom is 0.341 e. The second-order valence-corrected chi connectivity index (χ2v) is 8.32. The molecule has 1 aliphatic carbocycles. The van der Waals surface area contributed by atoms with Crippen LogP contribution in [0.4, 0.5) is 10.1 Å². The summed E-state index contributed by atoms with van der Waals surface area (Å²) in [6.45, 7) is 2.40. The fourth-order valence-corrected chi connectivity index (χ4v) is 4.95. The maximum absolute atomic E-state index is 15.3. The summed E-state index contributed by atoms with van der Waals surface area (Å²) in [4.78, 5) is 26.4. The molecule has 2 saturated heterocycles. The molecule has 2 atom stereocenters. The number of carbonyl (C=O) groups is 1. The topological polar surface area (TPSA) is 83.8 Å². The predicted molar refractivity (Wildman–Crippen MR) is 112 cm³/mol. The van der Waals surface area contributed by atoms with Crippen LogP contribution in [0.2, 0.25) is 0 Å². The molecule has 157 valence electrons. The van der Waals surface area contributed by atoms with Crippen LogP contribution >= 0.6 is 0 Å². The average molecular weight is 412 g/mol. The molecule has 0 bridgehead atoms. The standard InChI is InChI=1S/C21H24FN3O4.B/c1-29-20-17-13(19(26)14(21(27)28)9-25(17)12-4-5-12)7-15(22)18(20)24-8-11-3-2-6-23-16(11)10-24;/h7,9,11-12,16,23H,2-6,8,10H2,1H3,(H,27,28);/t11-,16+;/m0./s1. The van der Waals surface area contributed by atoms with Crippen molar-refractivity contribution in [3.63, 3.8) is 0 Å². The molecule has 9 heteroatoms. The third-order valence-electron chi connectivity index (χ3n) is 6.49. The summed E-state index contributed by atoms with van der Waals surface area (Å²) in [6, 6.07) is 1.62. The van der Waals surface area contributed by atoms with E-state index in [1.807, 2.05) is 4.90 Å². The number of hydrogen-bond donors (Lipinski definition) is 2. The Morgan fingerprint density at radius 3 is 2.70 bits per heavy atom. The molecule has 30 heavy (non-hydrogen) atoms. The van der Waals surface area contributed by atoms with Crippen LogP contribution in [0.3, 0.4) is 0 Å². The zero-order valence-electron chi connectivity index (χ0n) is 16.9. The van der Waals surface area contributed by atoms with Gasteiger partial charge in [-0.3, -0.25) is 4.79 Å².